The molecule has 0 aliphatic heterocycles. The Kier molecular flexibility index (Phi) is 5.37. The topological polar surface area (TPSA) is 114 Å². The number of aliphatic hydroxyl groups excluding tert-OH is 1. The van der Waals surface area contributed by atoms with Crippen LogP contribution in [0.5, 0.6) is 0 Å². The van der Waals surface area contributed by atoms with Gasteiger partial charge in [-0.25, -0.2) is 0 Å². The Morgan fingerprint density at radius 3 is 2.78 bits per heavy atom. The van der Waals surface area contributed by atoms with E-state index in [0.717, 1.165) is 12.0 Å². The lowest BCUT2D eigenvalue weighted by Gasteiger charge is -2.14. The third-order valence-electron chi connectivity index (χ3n) is 4.35. The molecule has 8 heteroatoms. The number of amides is 1. The number of aliphatic hydroxyl groups is 1. The van der Waals surface area contributed by atoms with Crippen molar-refractivity contribution in [2.75, 3.05) is 12.3 Å². The van der Waals surface area contributed by atoms with Crippen LogP contribution in [0.3, 0.4) is 0 Å². The summed E-state index contributed by atoms with van der Waals surface area (Å²) in [6.07, 6.45) is 0.130. The van der Waals surface area contributed by atoms with Gasteiger partial charge in [-0.1, -0.05) is 37.3 Å². The molecule has 2 aromatic heterocycles. The number of hydrogen-bond acceptors (Lipinski definition) is 6. The first-order chi connectivity index (χ1) is 12.9. The van der Waals surface area contributed by atoms with Crippen LogP contribution in [0.25, 0.3) is 22.2 Å². The number of carbonyl (C=O) groups excluding carboxylic acids is 1. The molecule has 27 heavy (non-hydrogen) atoms. The molecule has 138 valence electrons. The Hall–Kier alpha value is -3.00. The second-order valence-corrected chi connectivity index (χ2v) is 6.49. The van der Waals surface area contributed by atoms with Crippen molar-refractivity contribution in [1.82, 2.24) is 20.5 Å². The molecular formula is C19H22BN5O2. The van der Waals surface area contributed by atoms with Gasteiger partial charge in [-0.2, -0.15) is 0 Å². The second kappa shape index (κ2) is 7.71. The number of nitrogens with one attached hydrogen (secondary N) is 1. The Bertz CT molecular complexity index is 1010. The average molecular weight is 363 g/mol. The first kappa shape index (κ1) is 18.8. The first-order valence-corrected chi connectivity index (χ1v) is 8.93. The highest BCUT2D eigenvalue weighted by Gasteiger charge is 2.19. The van der Waals surface area contributed by atoms with Crippen molar-refractivity contribution >= 4 is 35.9 Å². The maximum Gasteiger partial charge on any atom is 0.273 e. The molecule has 7 nitrogen and oxygen atoms in total. The molecule has 0 radical (unpaired) electrons. The maximum absolute atomic E-state index is 12.3. The van der Waals surface area contributed by atoms with E-state index in [2.05, 4.69) is 20.5 Å². The largest absolute Gasteiger partial charge is 0.396 e. The second-order valence-electron chi connectivity index (χ2n) is 6.49. The zero-order chi connectivity index (χ0) is 19.6. The summed E-state index contributed by atoms with van der Waals surface area (Å²) in [4.78, 5) is 16.9. The summed E-state index contributed by atoms with van der Waals surface area (Å²) in [6.45, 7) is 4.21. The van der Waals surface area contributed by atoms with Gasteiger partial charge in [0.25, 0.3) is 5.91 Å². The summed E-state index contributed by atoms with van der Waals surface area (Å²) in [7, 11) is 1.89. The van der Waals surface area contributed by atoms with Crippen molar-refractivity contribution in [3.63, 3.8) is 0 Å². The van der Waals surface area contributed by atoms with Gasteiger partial charge in [0.05, 0.1) is 17.5 Å². The molecule has 0 saturated heterocycles. The predicted octanol–water partition coefficient (Wildman–Crippen LogP) is 0.725. The van der Waals surface area contributed by atoms with E-state index in [-0.39, 0.29) is 17.3 Å². The van der Waals surface area contributed by atoms with Gasteiger partial charge >= 0.3 is 0 Å². The molecule has 0 fully saturated rings. The van der Waals surface area contributed by atoms with E-state index in [1.165, 1.54) is 0 Å². The van der Waals surface area contributed by atoms with Gasteiger partial charge in [0.15, 0.2) is 13.5 Å². The Balaban J connectivity index is 2.19. The number of nitrogens with two attached hydrogens (primary N) is 1. The van der Waals surface area contributed by atoms with E-state index in [1.807, 2.05) is 39.0 Å². The van der Waals surface area contributed by atoms with Crippen LogP contribution < -0.4 is 16.6 Å². The van der Waals surface area contributed by atoms with Crippen LogP contribution in [0.2, 0.25) is 0 Å². The van der Waals surface area contributed by atoms with E-state index in [9.17, 15) is 9.90 Å². The van der Waals surface area contributed by atoms with Crippen molar-refractivity contribution in [3.8, 4) is 11.3 Å². The summed E-state index contributed by atoms with van der Waals surface area (Å²) in [5, 5.41) is 21.9. The zero-order valence-electron chi connectivity index (χ0n) is 15.7. The lowest BCUT2D eigenvalue weighted by Crippen LogP contribution is -2.26. The van der Waals surface area contributed by atoms with E-state index in [4.69, 9.17) is 5.73 Å². The number of nitrogen functional groups attached to an aromatic ring is 1. The van der Waals surface area contributed by atoms with Crippen LogP contribution in [0.15, 0.2) is 30.3 Å². The number of hydrogen-bond donors (Lipinski definition) is 3. The molecule has 1 atom stereocenters. The van der Waals surface area contributed by atoms with Crippen molar-refractivity contribution in [2.24, 2.45) is 0 Å². The highest BCUT2D eigenvalue weighted by atomic mass is 16.3. The maximum atomic E-state index is 12.3. The van der Waals surface area contributed by atoms with Gasteiger partial charge in [0, 0.05) is 23.1 Å². The summed E-state index contributed by atoms with van der Waals surface area (Å²) in [5.74, 6) is -0.340. The molecule has 4 N–H and O–H groups in total. The van der Waals surface area contributed by atoms with Crippen LogP contribution in [0.4, 0.5) is 5.69 Å². The smallest absolute Gasteiger partial charge is 0.273 e. The molecule has 1 aromatic carbocycles. The molecule has 0 aliphatic carbocycles. The van der Waals surface area contributed by atoms with Crippen molar-refractivity contribution in [2.45, 2.75) is 26.4 Å². The van der Waals surface area contributed by atoms with Gasteiger partial charge < -0.3 is 16.2 Å². The van der Waals surface area contributed by atoms with Crippen LogP contribution in [-0.2, 0) is 0 Å². The van der Waals surface area contributed by atoms with E-state index in [0.29, 0.717) is 34.3 Å². The van der Waals surface area contributed by atoms with Gasteiger partial charge in [0.2, 0.25) is 0 Å². The Morgan fingerprint density at radius 2 is 2.07 bits per heavy atom. The third-order valence-corrected chi connectivity index (χ3v) is 4.35. The van der Waals surface area contributed by atoms with Crippen LogP contribution in [-0.4, -0.2) is 40.6 Å². The van der Waals surface area contributed by atoms with Gasteiger partial charge in [-0.05, 0) is 18.9 Å². The molecule has 0 bridgehead atoms. The fraction of sp³-hybridized carbons (Fsp3) is 0.263. The summed E-state index contributed by atoms with van der Waals surface area (Å²) in [5.41, 5.74) is 10.0. The van der Waals surface area contributed by atoms with Crippen LogP contribution in [0, 0.1) is 0 Å². The molecule has 1 unspecified atom stereocenters. The van der Waals surface area contributed by atoms with Crippen molar-refractivity contribution in [3.05, 3.63) is 41.6 Å². The summed E-state index contributed by atoms with van der Waals surface area (Å²) >= 11 is 0. The molecule has 0 spiro atoms. The van der Waals surface area contributed by atoms with Gasteiger partial charge in [-0.15, -0.1) is 10.2 Å². The molecule has 1 amide bonds. The standard InChI is InChI=1S/C19H22BN5O2/c1-3-9-22-19(27)18-15(21)12-5-4-6-13(17(12)24-25-18)16-11(10(2)26)7-8-14(20)23-16/h4-8,10,26H,3,9,20H2,1-2H3,(H2,21,24)(H,22,27). The fourth-order valence-corrected chi connectivity index (χ4v) is 2.95. The van der Waals surface area contributed by atoms with E-state index in [1.54, 1.807) is 13.0 Å². The van der Waals surface area contributed by atoms with E-state index >= 15 is 0 Å². The SMILES string of the molecule is Bc1ccc(C(C)O)c(-c2cccc3c(N)c(C(=O)NCCC)nnc23)n1. The highest BCUT2D eigenvalue weighted by molar-refractivity contribution is 6.30. The van der Waals surface area contributed by atoms with Crippen molar-refractivity contribution < 1.29 is 9.90 Å². The highest BCUT2D eigenvalue weighted by Crippen LogP contribution is 2.32. The molecule has 2 heterocycles. The first-order valence-electron chi connectivity index (χ1n) is 8.93. The monoisotopic (exact) mass is 363 g/mol. The third kappa shape index (κ3) is 3.61. The predicted molar refractivity (Wildman–Crippen MR) is 109 cm³/mol. The quantitative estimate of drug-likeness (QED) is 0.576. The Labute approximate surface area is 158 Å². The summed E-state index contributed by atoms with van der Waals surface area (Å²) in [6, 6.07) is 9.20. The number of nitrogens with zero attached hydrogens (tertiary/aromatic N) is 3. The number of rotatable bonds is 5. The fourth-order valence-electron chi connectivity index (χ4n) is 2.95. The molecule has 3 rings (SSSR count). The van der Waals surface area contributed by atoms with E-state index < -0.39 is 6.10 Å². The minimum absolute atomic E-state index is 0.112. The lowest BCUT2D eigenvalue weighted by atomic mass is 9.95. The number of fused-ring (bicyclic) bond motifs is 1. The molecule has 0 saturated carbocycles. The summed E-state index contributed by atoms with van der Waals surface area (Å²) < 4.78 is 0. The molecular weight excluding hydrogens is 341 g/mol. The lowest BCUT2D eigenvalue weighted by molar-refractivity contribution is 0.0949. The van der Waals surface area contributed by atoms with Crippen molar-refractivity contribution in [1.29, 1.82) is 0 Å². The Morgan fingerprint density at radius 1 is 1.30 bits per heavy atom. The zero-order valence-corrected chi connectivity index (χ0v) is 15.7. The minimum Gasteiger partial charge on any atom is -0.396 e. The number of aromatic nitrogens is 3. The number of anilines is 1. The normalized spacial score (nSPS) is 12.1. The number of pyridine rings is 1. The minimum atomic E-state index is -0.687. The number of benzene rings is 1. The number of carbonyl (C=O) groups is 1. The van der Waals surface area contributed by atoms with Crippen LogP contribution >= 0.6 is 0 Å². The average Bonchev–Trinajstić information content (AvgIpc) is 2.65. The van der Waals surface area contributed by atoms with Crippen LogP contribution in [0.1, 0.15) is 42.4 Å². The molecule has 0 aliphatic rings. The van der Waals surface area contributed by atoms with Gasteiger partial charge in [-0.3, -0.25) is 9.78 Å². The molecule has 3 aromatic rings. The van der Waals surface area contributed by atoms with Gasteiger partial charge in [0.1, 0.15) is 5.52 Å².